The second kappa shape index (κ2) is 10.6. The Hall–Kier alpha value is 0.540. The second-order valence-corrected chi connectivity index (χ2v) is 4.11. The van der Waals surface area contributed by atoms with Gasteiger partial charge in [0.25, 0.3) is 0 Å². The molecule has 13 heavy (non-hydrogen) atoms. The van der Waals surface area contributed by atoms with Crippen LogP contribution in [0.3, 0.4) is 0 Å². The highest BCUT2D eigenvalue weighted by Gasteiger charge is 2.04. The summed E-state index contributed by atoms with van der Waals surface area (Å²) in [5, 5.41) is 3.50. The van der Waals surface area contributed by atoms with Crippen LogP contribution >= 0.6 is 24.0 Å². The molecule has 0 aliphatic heterocycles. The molecule has 0 radical (unpaired) electrons. The molecule has 0 aromatic rings. The van der Waals surface area contributed by atoms with Gasteiger partial charge in [-0.2, -0.15) is 0 Å². The summed E-state index contributed by atoms with van der Waals surface area (Å²) in [6.07, 6.45) is 3.66. The minimum atomic E-state index is 0. The highest BCUT2D eigenvalue weighted by Crippen LogP contribution is 2.01. The standard InChI is InChI=1S/C10H22ClN.ClH/c1-9(2)10(3)12-8-6-4-5-7-11;/h9-10,12H,4-8H2,1-3H3;1H. The van der Waals surface area contributed by atoms with Crippen molar-refractivity contribution in [3.05, 3.63) is 0 Å². The van der Waals surface area contributed by atoms with Crippen LogP contribution in [0, 0.1) is 5.92 Å². The van der Waals surface area contributed by atoms with E-state index in [0.717, 1.165) is 24.8 Å². The van der Waals surface area contributed by atoms with Gasteiger partial charge < -0.3 is 5.32 Å². The van der Waals surface area contributed by atoms with Crippen molar-refractivity contribution in [3.8, 4) is 0 Å². The maximum absolute atomic E-state index is 5.57. The maximum atomic E-state index is 5.57. The molecule has 0 saturated heterocycles. The normalized spacial score (nSPS) is 12.7. The lowest BCUT2D eigenvalue weighted by molar-refractivity contribution is 0.421. The highest BCUT2D eigenvalue weighted by atomic mass is 35.5. The first kappa shape index (κ1) is 16.0. The van der Waals surface area contributed by atoms with E-state index >= 15 is 0 Å². The molecule has 1 atom stereocenters. The van der Waals surface area contributed by atoms with Gasteiger partial charge in [-0.1, -0.05) is 20.3 Å². The number of hydrogen-bond donors (Lipinski definition) is 1. The molecule has 1 unspecified atom stereocenters. The first-order valence-corrected chi connectivity index (χ1v) is 5.51. The van der Waals surface area contributed by atoms with E-state index in [0.29, 0.717) is 6.04 Å². The fraction of sp³-hybridized carbons (Fsp3) is 1.00. The SMILES string of the molecule is CC(C)C(C)NCCCCCCl.Cl. The third-order valence-electron chi connectivity index (χ3n) is 2.28. The zero-order chi connectivity index (χ0) is 9.40. The lowest BCUT2D eigenvalue weighted by atomic mass is 10.1. The van der Waals surface area contributed by atoms with Gasteiger partial charge in [-0.25, -0.2) is 0 Å². The molecule has 0 bridgehead atoms. The molecule has 1 nitrogen and oxygen atoms in total. The molecule has 0 aromatic carbocycles. The van der Waals surface area contributed by atoms with Gasteiger partial charge in [-0.3, -0.25) is 0 Å². The van der Waals surface area contributed by atoms with Crippen LogP contribution in [0.5, 0.6) is 0 Å². The number of hydrogen-bond acceptors (Lipinski definition) is 1. The molecule has 0 spiro atoms. The van der Waals surface area contributed by atoms with E-state index in [4.69, 9.17) is 11.6 Å². The molecule has 82 valence electrons. The minimum Gasteiger partial charge on any atom is -0.314 e. The van der Waals surface area contributed by atoms with Gasteiger partial charge in [0.1, 0.15) is 0 Å². The molecule has 0 fully saturated rings. The molecule has 0 saturated carbocycles. The van der Waals surface area contributed by atoms with Crippen molar-refractivity contribution in [2.45, 2.75) is 46.1 Å². The number of alkyl halides is 1. The van der Waals surface area contributed by atoms with E-state index in [2.05, 4.69) is 26.1 Å². The third kappa shape index (κ3) is 10.5. The number of halogens is 2. The van der Waals surface area contributed by atoms with E-state index in [9.17, 15) is 0 Å². The Bertz CT molecular complexity index is 96.9. The summed E-state index contributed by atoms with van der Waals surface area (Å²) >= 11 is 5.57. The Morgan fingerprint density at radius 1 is 1.08 bits per heavy atom. The molecule has 0 aliphatic rings. The van der Waals surface area contributed by atoms with Crippen LogP contribution in [0.15, 0.2) is 0 Å². The Morgan fingerprint density at radius 3 is 2.15 bits per heavy atom. The maximum Gasteiger partial charge on any atom is 0.0223 e. The van der Waals surface area contributed by atoms with Gasteiger partial charge in [0.2, 0.25) is 0 Å². The van der Waals surface area contributed by atoms with E-state index < -0.39 is 0 Å². The average molecular weight is 228 g/mol. The van der Waals surface area contributed by atoms with Gasteiger partial charge in [0.15, 0.2) is 0 Å². The predicted octanol–water partition coefficient (Wildman–Crippen LogP) is 3.45. The van der Waals surface area contributed by atoms with Crippen molar-refractivity contribution in [2.75, 3.05) is 12.4 Å². The van der Waals surface area contributed by atoms with Crippen molar-refractivity contribution >= 4 is 24.0 Å². The Kier molecular flexibility index (Phi) is 13.1. The van der Waals surface area contributed by atoms with Gasteiger partial charge in [0, 0.05) is 11.9 Å². The van der Waals surface area contributed by atoms with E-state index in [1.165, 1.54) is 12.8 Å². The molecule has 0 aromatic heterocycles. The van der Waals surface area contributed by atoms with Crippen molar-refractivity contribution in [1.82, 2.24) is 5.32 Å². The van der Waals surface area contributed by atoms with E-state index in [1.54, 1.807) is 0 Å². The summed E-state index contributed by atoms with van der Waals surface area (Å²) in [5.74, 6) is 1.54. The van der Waals surface area contributed by atoms with Gasteiger partial charge in [-0.05, 0) is 32.2 Å². The summed E-state index contributed by atoms with van der Waals surface area (Å²) in [6, 6.07) is 0.640. The van der Waals surface area contributed by atoms with Gasteiger partial charge in [-0.15, -0.1) is 24.0 Å². The van der Waals surface area contributed by atoms with Crippen molar-refractivity contribution < 1.29 is 0 Å². The fourth-order valence-corrected chi connectivity index (χ4v) is 1.15. The summed E-state index contributed by atoms with van der Waals surface area (Å²) in [6.45, 7) is 7.87. The number of nitrogens with one attached hydrogen (secondary N) is 1. The smallest absolute Gasteiger partial charge is 0.0223 e. The van der Waals surface area contributed by atoms with Crippen LogP contribution in [-0.2, 0) is 0 Å². The van der Waals surface area contributed by atoms with E-state index in [1.807, 2.05) is 0 Å². The Balaban J connectivity index is 0. The van der Waals surface area contributed by atoms with Crippen LogP contribution < -0.4 is 5.32 Å². The topological polar surface area (TPSA) is 12.0 Å². The Labute approximate surface area is 94.0 Å². The van der Waals surface area contributed by atoms with Crippen molar-refractivity contribution in [1.29, 1.82) is 0 Å². The van der Waals surface area contributed by atoms with Crippen molar-refractivity contribution in [2.24, 2.45) is 5.92 Å². The summed E-state index contributed by atoms with van der Waals surface area (Å²) in [5.41, 5.74) is 0. The molecule has 0 heterocycles. The van der Waals surface area contributed by atoms with Crippen LogP contribution in [0.25, 0.3) is 0 Å². The minimum absolute atomic E-state index is 0. The lowest BCUT2D eigenvalue weighted by Gasteiger charge is -2.16. The molecule has 0 aliphatic carbocycles. The zero-order valence-electron chi connectivity index (χ0n) is 8.98. The van der Waals surface area contributed by atoms with Gasteiger partial charge in [0.05, 0.1) is 0 Å². The monoisotopic (exact) mass is 227 g/mol. The van der Waals surface area contributed by atoms with E-state index in [-0.39, 0.29) is 12.4 Å². The predicted molar refractivity (Wildman–Crippen MR) is 64.1 cm³/mol. The number of rotatable bonds is 7. The molecule has 1 N–H and O–H groups in total. The van der Waals surface area contributed by atoms with Crippen molar-refractivity contribution in [3.63, 3.8) is 0 Å². The molecular formula is C10H23Cl2N. The third-order valence-corrected chi connectivity index (χ3v) is 2.54. The van der Waals surface area contributed by atoms with Crippen LogP contribution in [0.2, 0.25) is 0 Å². The van der Waals surface area contributed by atoms with Crippen LogP contribution in [-0.4, -0.2) is 18.5 Å². The molecule has 3 heteroatoms. The first-order chi connectivity index (χ1) is 5.68. The molecule has 0 rings (SSSR count). The molecule has 0 amide bonds. The summed E-state index contributed by atoms with van der Waals surface area (Å²) < 4.78 is 0. The average Bonchev–Trinajstić information content (AvgIpc) is 2.03. The summed E-state index contributed by atoms with van der Waals surface area (Å²) in [7, 11) is 0. The highest BCUT2D eigenvalue weighted by molar-refractivity contribution is 6.17. The quantitative estimate of drug-likeness (QED) is 0.519. The zero-order valence-corrected chi connectivity index (χ0v) is 10.5. The number of unbranched alkanes of at least 4 members (excludes halogenated alkanes) is 2. The first-order valence-electron chi connectivity index (χ1n) is 4.97. The fourth-order valence-electron chi connectivity index (χ4n) is 0.962. The van der Waals surface area contributed by atoms with Crippen LogP contribution in [0.1, 0.15) is 40.0 Å². The second-order valence-electron chi connectivity index (χ2n) is 3.74. The van der Waals surface area contributed by atoms with Gasteiger partial charge >= 0.3 is 0 Å². The molecular weight excluding hydrogens is 205 g/mol. The summed E-state index contributed by atoms with van der Waals surface area (Å²) in [4.78, 5) is 0. The lowest BCUT2D eigenvalue weighted by Crippen LogP contribution is -2.31. The van der Waals surface area contributed by atoms with Crippen LogP contribution in [0.4, 0.5) is 0 Å². The largest absolute Gasteiger partial charge is 0.314 e. The Morgan fingerprint density at radius 2 is 1.69 bits per heavy atom.